The molecule has 0 bridgehead atoms. The molecule has 0 aromatic rings. The molecule has 4 nitrogen and oxygen atoms in total. The van der Waals surface area contributed by atoms with Crippen LogP contribution in [0.25, 0.3) is 0 Å². The molecule has 1 aliphatic rings. The third-order valence-electron chi connectivity index (χ3n) is 2.43. The molecule has 1 saturated heterocycles. The summed E-state index contributed by atoms with van der Waals surface area (Å²) in [4.78, 5) is 24.1. The first kappa shape index (κ1) is 11.9. The molecule has 1 unspecified atom stereocenters. The van der Waals surface area contributed by atoms with Crippen LogP contribution >= 0.6 is 11.6 Å². The lowest BCUT2D eigenvalue weighted by Gasteiger charge is -2.24. The molecule has 5 heteroatoms. The van der Waals surface area contributed by atoms with Crippen LogP contribution in [0.3, 0.4) is 0 Å². The fraction of sp³-hybridized carbons (Fsp3) is 0.600. The first-order chi connectivity index (χ1) is 7.11. The van der Waals surface area contributed by atoms with Crippen LogP contribution in [0.2, 0.25) is 0 Å². The second-order valence-corrected chi connectivity index (χ2v) is 3.61. The molecule has 82 valence electrons. The van der Waals surface area contributed by atoms with E-state index in [1.165, 1.54) is 4.90 Å². The van der Waals surface area contributed by atoms with Gasteiger partial charge >= 0.3 is 0 Å². The van der Waals surface area contributed by atoms with Crippen molar-refractivity contribution in [1.29, 1.82) is 0 Å². The highest BCUT2D eigenvalue weighted by atomic mass is 35.5. The number of halogens is 1. The molecule has 2 amide bonds. The van der Waals surface area contributed by atoms with Crippen molar-refractivity contribution in [3.05, 3.63) is 0 Å². The van der Waals surface area contributed by atoms with E-state index in [0.717, 1.165) is 0 Å². The number of hydrogen-bond donors (Lipinski definition) is 1. The van der Waals surface area contributed by atoms with E-state index in [1.54, 1.807) is 6.92 Å². The molecule has 0 aromatic heterocycles. The van der Waals surface area contributed by atoms with E-state index in [9.17, 15) is 9.59 Å². The predicted molar refractivity (Wildman–Crippen MR) is 57.0 cm³/mol. The quantitative estimate of drug-likeness (QED) is 0.538. The summed E-state index contributed by atoms with van der Waals surface area (Å²) in [5, 5.41) is 0. The van der Waals surface area contributed by atoms with Gasteiger partial charge in [0.1, 0.15) is 11.9 Å². The van der Waals surface area contributed by atoms with Crippen molar-refractivity contribution < 1.29 is 9.59 Å². The Labute approximate surface area is 93.7 Å². The molecule has 2 atom stereocenters. The smallest absolute Gasteiger partial charge is 0.240 e. The Kier molecular flexibility index (Phi) is 3.98. The Balaban J connectivity index is 2.90. The van der Waals surface area contributed by atoms with E-state index in [4.69, 9.17) is 17.3 Å². The molecule has 0 saturated carbocycles. The average Bonchev–Trinajstić information content (AvgIpc) is 2.61. The van der Waals surface area contributed by atoms with Crippen molar-refractivity contribution in [2.24, 2.45) is 5.73 Å². The maximum absolute atomic E-state index is 11.5. The Morgan fingerprint density at radius 1 is 1.53 bits per heavy atom. The summed E-state index contributed by atoms with van der Waals surface area (Å²) in [6, 6.07) is -0.777. The summed E-state index contributed by atoms with van der Waals surface area (Å²) < 4.78 is 0. The number of amides is 2. The van der Waals surface area contributed by atoms with Gasteiger partial charge in [0.05, 0.1) is 6.04 Å². The highest BCUT2D eigenvalue weighted by Crippen LogP contribution is 2.24. The van der Waals surface area contributed by atoms with Crippen LogP contribution in [0.4, 0.5) is 0 Å². The molecule has 0 spiro atoms. The highest BCUT2D eigenvalue weighted by Gasteiger charge is 2.38. The average molecular weight is 229 g/mol. The molecule has 0 aromatic carbocycles. The number of carbonyl (C=O) groups excluding carboxylic acids is 2. The number of nitrogens with zero attached hydrogens (tertiary/aromatic N) is 1. The van der Waals surface area contributed by atoms with Crippen molar-refractivity contribution in [3.8, 4) is 11.8 Å². The van der Waals surface area contributed by atoms with Crippen LogP contribution in [0, 0.1) is 11.8 Å². The second kappa shape index (κ2) is 5.04. The zero-order chi connectivity index (χ0) is 11.4. The van der Waals surface area contributed by atoms with Gasteiger partial charge in [-0.25, -0.2) is 0 Å². The van der Waals surface area contributed by atoms with Crippen LogP contribution in [0.1, 0.15) is 19.8 Å². The van der Waals surface area contributed by atoms with Gasteiger partial charge in [-0.1, -0.05) is 5.92 Å². The van der Waals surface area contributed by atoms with Crippen molar-refractivity contribution in [1.82, 2.24) is 4.90 Å². The van der Waals surface area contributed by atoms with E-state index in [1.807, 2.05) is 0 Å². The van der Waals surface area contributed by atoms with Gasteiger partial charge in [-0.2, -0.15) is 0 Å². The van der Waals surface area contributed by atoms with Gasteiger partial charge in [-0.15, -0.1) is 17.5 Å². The van der Waals surface area contributed by atoms with Gasteiger partial charge < -0.3 is 10.6 Å². The number of likely N-dealkylation sites (tertiary alicyclic amines) is 1. The molecule has 15 heavy (non-hydrogen) atoms. The number of rotatable bonds is 2. The molecule has 1 fully saturated rings. The molecule has 2 N–H and O–H groups in total. The molecular weight excluding hydrogens is 216 g/mol. The number of carbonyl (C=O) groups is 2. The van der Waals surface area contributed by atoms with Crippen LogP contribution in [0.15, 0.2) is 0 Å². The van der Waals surface area contributed by atoms with Crippen LogP contribution < -0.4 is 5.73 Å². The van der Waals surface area contributed by atoms with Crippen molar-refractivity contribution >= 4 is 23.4 Å². The topological polar surface area (TPSA) is 63.4 Å². The third kappa shape index (κ3) is 2.42. The maximum atomic E-state index is 11.5. The number of hydrogen-bond acceptors (Lipinski definition) is 2. The first-order valence-corrected chi connectivity index (χ1v) is 5.24. The predicted octanol–water partition coefficient (Wildman–Crippen LogP) is 0.0934. The zero-order valence-corrected chi connectivity index (χ0v) is 9.25. The second-order valence-electron chi connectivity index (χ2n) is 3.34. The lowest BCUT2D eigenvalue weighted by molar-refractivity contribution is -0.136. The fourth-order valence-electron chi connectivity index (χ4n) is 1.82. The van der Waals surface area contributed by atoms with Gasteiger partial charge in [0.2, 0.25) is 11.8 Å². The maximum Gasteiger partial charge on any atom is 0.240 e. The zero-order valence-electron chi connectivity index (χ0n) is 8.50. The Bertz CT molecular complexity index is 332. The summed E-state index contributed by atoms with van der Waals surface area (Å²) in [5.74, 6) is 4.70. The Morgan fingerprint density at radius 2 is 2.20 bits per heavy atom. The number of primary amides is 1. The van der Waals surface area contributed by atoms with Gasteiger partial charge in [0.25, 0.3) is 0 Å². The summed E-state index contributed by atoms with van der Waals surface area (Å²) in [6.45, 7) is 1.70. The summed E-state index contributed by atoms with van der Waals surface area (Å²) in [6.07, 6.45) is 1.24. The van der Waals surface area contributed by atoms with Crippen molar-refractivity contribution in [2.45, 2.75) is 31.8 Å². The standard InChI is InChI=1S/C10H13ClN2O2/c1-2-3-7-4-5-8(10(12)15)13(7)9(14)6-11/h7-8H,4-6H2,1H3,(H2,12,15)/t7?,8-/m0/s1. The van der Waals surface area contributed by atoms with Gasteiger partial charge in [-0.3, -0.25) is 9.59 Å². The van der Waals surface area contributed by atoms with E-state index in [-0.39, 0.29) is 17.8 Å². The minimum Gasteiger partial charge on any atom is -0.368 e. The molecule has 1 heterocycles. The van der Waals surface area contributed by atoms with Gasteiger partial charge in [-0.05, 0) is 19.8 Å². The van der Waals surface area contributed by atoms with E-state index < -0.39 is 11.9 Å². The lowest BCUT2D eigenvalue weighted by Crippen LogP contribution is -2.47. The minimum absolute atomic E-state index is 0.147. The fourth-order valence-corrected chi connectivity index (χ4v) is 1.95. The normalized spacial score (nSPS) is 24.5. The Hall–Kier alpha value is -1.21. The number of nitrogens with two attached hydrogens (primary N) is 1. The van der Waals surface area contributed by atoms with E-state index in [2.05, 4.69) is 11.8 Å². The largest absolute Gasteiger partial charge is 0.368 e. The summed E-state index contributed by atoms with van der Waals surface area (Å²) in [5.41, 5.74) is 5.21. The van der Waals surface area contributed by atoms with Crippen LogP contribution in [0.5, 0.6) is 0 Å². The Morgan fingerprint density at radius 3 is 2.67 bits per heavy atom. The molecule has 1 rings (SSSR count). The van der Waals surface area contributed by atoms with E-state index >= 15 is 0 Å². The highest BCUT2D eigenvalue weighted by molar-refractivity contribution is 6.27. The molecular formula is C10H13ClN2O2. The van der Waals surface area contributed by atoms with Crippen molar-refractivity contribution in [3.63, 3.8) is 0 Å². The lowest BCUT2D eigenvalue weighted by atomic mass is 10.2. The third-order valence-corrected chi connectivity index (χ3v) is 2.66. The van der Waals surface area contributed by atoms with Gasteiger partial charge in [0, 0.05) is 0 Å². The molecule has 1 aliphatic heterocycles. The SMILES string of the molecule is CC#CC1CC[C@@H](C(N)=O)N1C(=O)CCl. The monoisotopic (exact) mass is 228 g/mol. The summed E-state index contributed by atoms with van der Waals surface area (Å²) >= 11 is 5.48. The summed E-state index contributed by atoms with van der Waals surface area (Å²) in [7, 11) is 0. The van der Waals surface area contributed by atoms with Crippen molar-refractivity contribution in [2.75, 3.05) is 5.88 Å². The number of alkyl halides is 1. The van der Waals surface area contributed by atoms with Crippen LogP contribution in [-0.2, 0) is 9.59 Å². The first-order valence-electron chi connectivity index (χ1n) is 4.70. The van der Waals surface area contributed by atoms with Crippen LogP contribution in [-0.4, -0.2) is 34.7 Å². The minimum atomic E-state index is -0.554. The van der Waals surface area contributed by atoms with Gasteiger partial charge in [0.15, 0.2) is 0 Å². The van der Waals surface area contributed by atoms with E-state index in [0.29, 0.717) is 12.8 Å². The molecule has 0 aliphatic carbocycles. The molecule has 0 radical (unpaired) electrons.